The Bertz CT molecular complexity index is 368. The van der Waals surface area contributed by atoms with E-state index in [1.54, 1.807) is 0 Å². The zero-order valence-corrected chi connectivity index (χ0v) is 25.1. The van der Waals surface area contributed by atoms with Crippen molar-refractivity contribution in [3.05, 3.63) is 12.2 Å². The average Bonchev–Trinajstić information content (AvgIpc) is 2.87. The molecule has 0 saturated heterocycles. The number of hydrogen-bond donors (Lipinski definition) is 0. The van der Waals surface area contributed by atoms with E-state index >= 15 is 0 Å². The Morgan fingerprint density at radius 2 is 0.400 bits per heavy atom. The molecule has 0 heteroatoms. The summed E-state index contributed by atoms with van der Waals surface area (Å²) in [5.41, 5.74) is 0. The summed E-state index contributed by atoms with van der Waals surface area (Å²) in [4.78, 5) is 0. The van der Waals surface area contributed by atoms with Gasteiger partial charge in [-0.15, -0.1) is 0 Å². The maximum atomic E-state index is 2.46. The van der Waals surface area contributed by atoms with Gasteiger partial charge in [-0.2, -0.15) is 0 Å². The Morgan fingerprint density at radius 1 is 0.229 bits per heavy atom. The van der Waals surface area contributed by atoms with Crippen LogP contribution in [0.3, 0.4) is 0 Å². The normalized spacial score (nSPS) is 11.7. The molecule has 0 heterocycles. The van der Waals surface area contributed by atoms with Gasteiger partial charge in [0.05, 0.1) is 0 Å². The molecule has 0 aliphatic heterocycles. The molecule has 0 N–H and O–H groups in total. The molecule has 210 valence electrons. The highest BCUT2D eigenvalue weighted by Gasteiger charge is 1.95. The summed E-state index contributed by atoms with van der Waals surface area (Å²) in [6.07, 6.45) is 49.9. The molecular formula is C35H70. The van der Waals surface area contributed by atoms with Gasteiger partial charge in [-0.25, -0.2) is 0 Å². The van der Waals surface area contributed by atoms with Gasteiger partial charge in [0.2, 0.25) is 0 Å². The molecule has 0 aromatic heterocycles. The smallest absolute Gasteiger partial charge is 0.0351 e. The van der Waals surface area contributed by atoms with E-state index in [2.05, 4.69) is 26.0 Å². The third-order valence-electron chi connectivity index (χ3n) is 7.87. The summed E-state index contributed by atoms with van der Waals surface area (Å²) in [7, 11) is 0. The standard InChI is InChI=1S/C35H70/c1-3-5-7-9-11-13-15-17-19-21-23-25-27-29-31-33-35-34-32-30-28-26-24-22-20-18-16-14-12-10-8-6-4-2/h33,35H,3-32,34H2,1-2H3/b35-33+. The Hall–Kier alpha value is -0.260. The van der Waals surface area contributed by atoms with Crippen LogP contribution >= 0.6 is 0 Å². The Morgan fingerprint density at radius 3 is 0.600 bits per heavy atom. The van der Waals surface area contributed by atoms with Crippen LogP contribution in [0.4, 0.5) is 0 Å². The first-order valence-corrected chi connectivity index (χ1v) is 17.1. The van der Waals surface area contributed by atoms with Gasteiger partial charge in [0.1, 0.15) is 0 Å². The summed E-state index contributed by atoms with van der Waals surface area (Å²) in [6.45, 7) is 4.61. The molecule has 0 aliphatic carbocycles. The van der Waals surface area contributed by atoms with E-state index in [4.69, 9.17) is 0 Å². The third-order valence-corrected chi connectivity index (χ3v) is 7.87. The van der Waals surface area contributed by atoms with E-state index in [-0.39, 0.29) is 0 Å². The van der Waals surface area contributed by atoms with E-state index in [1.807, 2.05) is 0 Å². The lowest BCUT2D eigenvalue weighted by molar-refractivity contribution is 0.532. The second kappa shape index (κ2) is 33.7. The summed E-state index contributed by atoms with van der Waals surface area (Å²) in [6, 6.07) is 0. The van der Waals surface area contributed by atoms with Crippen LogP contribution in [0.2, 0.25) is 0 Å². The minimum absolute atomic E-state index is 1.32. The van der Waals surface area contributed by atoms with Crippen LogP contribution in [-0.2, 0) is 0 Å². The van der Waals surface area contributed by atoms with Crippen LogP contribution in [0.25, 0.3) is 0 Å². The molecule has 0 spiro atoms. The van der Waals surface area contributed by atoms with Crippen LogP contribution in [0.5, 0.6) is 0 Å². The second-order valence-corrected chi connectivity index (χ2v) is 11.6. The summed E-state index contributed by atoms with van der Waals surface area (Å²) < 4.78 is 0. The van der Waals surface area contributed by atoms with Gasteiger partial charge in [-0.1, -0.05) is 199 Å². The molecule has 35 heavy (non-hydrogen) atoms. The Labute approximate surface area is 224 Å². The quantitative estimate of drug-likeness (QED) is 0.0669. The molecule has 0 rings (SSSR count). The van der Waals surface area contributed by atoms with E-state index < -0.39 is 0 Å². The number of unbranched alkanes of at least 4 members (excludes halogenated alkanes) is 29. The molecule has 0 aliphatic rings. The third kappa shape index (κ3) is 33.7. The van der Waals surface area contributed by atoms with Gasteiger partial charge in [0.25, 0.3) is 0 Å². The first-order valence-electron chi connectivity index (χ1n) is 17.1. The lowest BCUT2D eigenvalue weighted by Gasteiger charge is -2.03. The molecule has 0 bridgehead atoms. The second-order valence-electron chi connectivity index (χ2n) is 11.6. The van der Waals surface area contributed by atoms with Crippen LogP contribution in [0.15, 0.2) is 12.2 Å². The molecule has 0 nitrogen and oxygen atoms in total. The van der Waals surface area contributed by atoms with Gasteiger partial charge in [-0.05, 0) is 25.7 Å². The van der Waals surface area contributed by atoms with Crippen molar-refractivity contribution in [1.29, 1.82) is 0 Å². The fourth-order valence-electron chi connectivity index (χ4n) is 5.33. The molecule has 0 radical (unpaired) electrons. The van der Waals surface area contributed by atoms with Crippen molar-refractivity contribution in [3.8, 4) is 0 Å². The van der Waals surface area contributed by atoms with Gasteiger partial charge < -0.3 is 0 Å². The van der Waals surface area contributed by atoms with Gasteiger partial charge in [0.15, 0.2) is 0 Å². The fourth-order valence-corrected chi connectivity index (χ4v) is 5.33. The zero-order chi connectivity index (χ0) is 25.3. The zero-order valence-electron chi connectivity index (χ0n) is 25.1. The van der Waals surface area contributed by atoms with Crippen molar-refractivity contribution in [3.63, 3.8) is 0 Å². The molecule has 0 unspecified atom stereocenters. The predicted octanol–water partition coefficient (Wildman–Crippen LogP) is 13.7. The van der Waals surface area contributed by atoms with Crippen molar-refractivity contribution in [2.45, 2.75) is 213 Å². The number of hydrogen-bond acceptors (Lipinski definition) is 0. The lowest BCUT2D eigenvalue weighted by atomic mass is 10.0. The van der Waals surface area contributed by atoms with Gasteiger partial charge in [-0.3, -0.25) is 0 Å². The van der Waals surface area contributed by atoms with E-state index in [9.17, 15) is 0 Å². The SMILES string of the molecule is CCCCCCCCCCCCCCCC/C=C/CCCCCCCCCCCCCCCCC. The molecule has 0 atom stereocenters. The monoisotopic (exact) mass is 491 g/mol. The van der Waals surface area contributed by atoms with E-state index in [0.717, 1.165) is 0 Å². The molecule has 0 aromatic rings. The van der Waals surface area contributed by atoms with Crippen molar-refractivity contribution in [2.24, 2.45) is 0 Å². The highest BCUT2D eigenvalue weighted by molar-refractivity contribution is 4.81. The largest absolute Gasteiger partial charge is 0.0885 e. The maximum absolute atomic E-state index is 2.46. The maximum Gasteiger partial charge on any atom is -0.0351 e. The lowest BCUT2D eigenvalue weighted by Crippen LogP contribution is -1.83. The van der Waals surface area contributed by atoms with Crippen molar-refractivity contribution in [1.82, 2.24) is 0 Å². The first kappa shape index (κ1) is 34.7. The minimum Gasteiger partial charge on any atom is -0.0885 e. The van der Waals surface area contributed by atoms with Crippen molar-refractivity contribution < 1.29 is 0 Å². The Balaban J connectivity index is 3.07. The van der Waals surface area contributed by atoms with E-state index in [1.165, 1.54) is 199 Å². The molecule has 0 fully saturated rings. The van der Waals surface area contributed by atoms with Crippen molar-refractivity contribution in [2.75, 3.05) is 0 Å². The summed E-state index contributed by atoms with van der Waals surface area (Å²) >= 11 is 0. The molecule has 0 aromatic carbocycles. The highest BCUT2D eigenvalue weighted by atomic mass is 14.0. The molecule has 0 amide bonds. The molecule has 0 saturated carbocycles. The summed E-state index contributed by atoms with van der Waals surface area (Å²) in [5, 5.41) is 0. The van der Waals surface area contributed by atoms with Crippen LogP contribution in [-0.4, -0.2) is 0 Å². The van der Waals surface area contributed by atoms with Crippen LogP contribution < -0.4 is 0 Å². The van der Waals surface area contributed by atoms with Crippen LogP contribution in [0, 0.1) is 0 Å². The highest BCUT2D eigenvalue weighted by Crippen LogP contribution is 2.15. The average molecular weight is 491 g/mol. The fraction of sp³-hybridized carbons (Fsp3) is 0.943. The van der Waals surface area contributed by atoms with Crippen LogP contribution in [0.1, 0.15) is 213 Å². The number of allylic oxidation sites excluding steroid dienone is 2. The van der Waals surface area contributed by atoms with Gasteiger partial charge in [0, 0.05) is 0 Å². The number of rotatable bonds is 31. The van der Waals surface area contributed by atoms with E-state index in [0.29, 0.717) is 0 Å². The predicted molar refractivity (Wildman–Crippen MR) is 164 cm³/mol. The molecular weight excluding hydrogens is 420 g/mol. The van der Waals surface area contributed by atoms with Gasteiger partial charge >= 0.3 is 0 Å². The minimum atomic E-state index is 1.32. The Kier molecular flexibility index (Phi) is 33.5. The van der Waals surface area contributed by atoms with Crippen molar-refractivity contribution >= 4 is 0 Å². The topological polar surface area (TPSA) is 0 Å². The summed E-state index contributed by atoms with van der Waals surface area (Å²) in [5.74, 6) is 0. The first-order chi connectivity index (χ1) is 17.4.